The molecule has 0 amide bonds. The second-order valence-electron chi connectivity index (χ2n) is 3.27. The van der Waals surface area contributed by atoms with Crippen molar-refractivity contribution in [2.24, 2.45) is 0 Å². The second kappa shape index (κ2) is 3.44. The molecule has 2 atom stereocenters. The van der Waals surface area contributed by atoms with Crippen LogP contribution in [0.2, 0.25) is 0 Å². The Morgan fingerprint density at radius 2 is 2.33 bits per heavy atom. The molecule has 2 N–H and O–H groups in total. The van der Waals surface area contributed by atoms with Gasteiger partial charge in [0.05, 0.1) is 6.04 Å². The molecule has 0 aliphatic carbocycles. The molecule has 0 spiro atoms. The first-order chi connectivity index (χ1) is 6.92. The Kier molecular flexibility index (Phi) is 2.50. The quantitative estimate of drug-likeness (QED) is 0.787. The summed E-state index contributed by atoms with van der Waals surface area (Å²) in [6.07, 6.45) is -5.32. The number of thiophene rings is 1. The Morgan fingerprint density at radius 1 is 1.60 bits per heavy atom. The molecule has 2 heterocycles. The van der Waals surface area contributed by atoms with Crippen LogP contribution in [0.3, 0.4) is 0 Å². The van der Waals surface area contributed by atoms with Gasteiger partial charge in [-0.05, 0) is 11.4 Å². The first-order valence-corrected chi connectivity index (χ1v) is 5.06. The van der Waals surface area contributed by atoms with Crippen LogP contribution in [0.4, 0.5) is 13.2 Å². The predicted molar refractivity (Wildman–Crippen MR) is 46.9 cm³/mol. The van der Waals surface area contributed by atoms with Crippen LogP contribution >= 0.6 is 11.3 Å². The fourth-order valence-electron chi connectivity index (χ4n) is 1.35. The van der Waals surface area contributed by atoms with Crippen LogP contribution in [0.15, 0.2) is 17.5 Å². The third-order valence-electron chi connectivity index (χ3n) is 2.18. The molecule has 15 heavy (non-hydrogen) atoms. The van der Waals surface area contributed by atoms with E-state index in [4.69, 9.17) is 0 Å². The molecule has 1 aromatic rings. The fraction of sp³-hybridized carbons (Fsp3) is 0.500. The molecule has 3 nitrogen and oxygen atoms in total. The maximum Gasteiger partial charge on any atom is 0.444 e. The Morgan fingerprint density at radius 3 is 2.80 bits per heavy atom. The molecule has 1 fully saturated rings. The molecule has 84 valence electrons. The maximum atomic E-state index is 12.3. The zero-order valence-electron chi connectivity index (χ0n) is 7.41. The van der Waals surface area contributed by atoms with Crippen molar-refractivity contribution < 1.29 is 23.1 Å². The Balaban J connectivity index is 2.13. The molecular weight excluding hydrogens is 231 g/mol. The second-order valence-corrected chi connectivity index (χ2v) is 4.25. The van der Waals surface area contributed by atoms with Gasteiger partial charge in [-0.2, -0.15) is 18.7 Å². The maximum absolute atomic E-state index is 12.3. The number of hydrogen-bond acceptors (Lipinski definition) is 4. The standard InChI is InChI=1S/C8H8F3NO2S/c9-8(10,11)7(13)4-5(12-14-7)6-2-1-3-15-6/h1-3,5,12-13H,4H2/t5-,7-/m1/s1. The van der Waals surface area contributed by atoms with E-state index in [1.165, 1.54) is 11.3 Å². The van der Waals surface area contributed by atoms with Crippen LogP contribution in [0.1, 0.15) is 17.3 Å². The normalized spacial score (nSPS) is 32.1. The van der Waals surface area contributed by atoms with E-state index in [0.717, 1.165) is 0 Å². The average molecular weight is 239 g/mol. The first-order valence-electron chi connectivity index (χ1n) is 4.18. The highest BCUT2D eigenvalue weighted by Gasteiger charge is 2.60. The van der Waals surface area contributed by atoms with Gasteiger partial charge in [-0.1, -0.05) is 6.07 Å². The Hall–Kier alpha value is -0.630. The van der Waals surface area contributed by atoms with Gasteiger partial charge >= 0.3 is 6.18 Å². The van der Waals surface area contributed by atoms with Crippen molar-refractivity contribution >= 4 is 11.3 Å². The first kappa shape index (κ1) is 10.9. The van der Waals surface area contributed by atoms with Crippen LogP contribution < -0.4 is 5.48 Å². The van der Waals surface area contributed by atoms with Crippen molar-refractivity contribution in [1.29, 1.82) is 0 Å². The Bertz CT molecular complexity index is 340. The number of halogens is 3. The highest BCUT2D eigenvalue weighted by Crippen LogP contribution is 2.42. The zero-order chi connectivity index (χ0) is 11.1. The number of alkyl halides is 3. The van der Waals surface area contributed by atoms with Gasteiger partial charge in [-0.3, -0.25) is 4.84 Å². The Labute approximate surface area is 87.4 Å². The third-order valence-corrected chi connectivity index (χ3v) is 3.17. The molecule has 1 aliphatic heterocycles. The smallest absolute Gasteiger partial charge is 0.357 e. The number of rotatable bonds is 1. The van der Waals surface area contributed by atoms with Crippen LogP contribution in [0, 0.1) is 0 Å². The summed E-state index contributed by atoms with van der Waals surface area (Å²) in [6.45, 7) is 0. The van der Waals surface area contributed by atoms with Gasteiger partial charge in [-0.25, -0.2) is 0 Å². The van der Waals surface area contributed by atoms with Gasteiger partial charge in [0.15, 0.2) is 0 Å². The molecule has 0 radical (unpaired) electrons. The number of hydrogen-bond donors (Lipinski definition) is 2. The van der Waals surface area contributed by atoms with Gasteiger partial charge in [-0.15, -0.1) is 11.3 Å². The molecule has 1 aromatic heterocycles. The van der Waals surface area contributed by atoms with E-state index in [-0.39, 0.29) is 0 Å². The monoisotopic (exact) mass is 239 g/mol. The van der Waals surface area contributed by atoms with Gasteiger partial charge < -0.3 is 5.11 Å². The zero-order valence-corrected chi connectivity index (χ0v) is 8.23. The molecule has 7 heteroatoms. The van der Waals surface area contributed by atoms with E-state index in [1.807, 2.05) is 0 Å². The summed E-state index contributed by atoms with van der Waals surface area (Å²) in [4.78, 5) is 4.93. The summed E-state index contributed by atoms with van der Waals surface area (Å²) in [5, 5.41) is 10.9. The van der Waals surface area contributed by atoms with Gasteiger partial charge in [0, 0.05) is 11.3 Å². The molecular formula is C8H8F3NO2S. The van der Waals surface area contributed by atoms with Crippen molar-refractivity contribution in [2.75, 3.05) is 0 Å². The van der Waals surface area contributed by atoms with Crippen LogP contribution in [0.25, 0.3) is 0 Å². The average Bonchev–Trinajstić information content (AvgIpc) is 2.70. The molecule has 1 aliphatic rings. The van der Waals surface area contributed by atoms with Crippen molar-refractivity contribution in [2.45, 2.75) is 24.4 Å². The molecule has 0 unspecified atom stereocenters. The molecule has 0 bridgehead atoms. The number of nitrogens with one attached hydrogen (secondary N) is 1. The van der Waals surface area contributed by atoms with E-state index in [1.54, 1.807) is 17.5 Å². The SMILES string of the molecule is O[C@]1(C(F)(F)F)C[C@H](c2cccs2)NO1. The van der Waals surface area contributed by atoms with Crippen LogP contribution in [0.5, 0.6) is 0 Å². The lowest BCUT2D eigenvalue weighted by atomic mass is 10.1. The highest BCUT2D eigenvalue weighted by atomic mass is 32.1. The van der Waals surface area contributed by atoms with E-state index >= 15 is 0 Å². The summed E-state index contributed by atoms with van der Waals surface area (Å²) >= 11 is 1.31. The van der Waals surface area contributed by atoms with Crippen molar-refractivity contribution in [3.63, 3.8) is 0 Å². The van der Waals surface area contributed by atoms with E-state index in [2.05, 4.69) is 10.3 Å². The van der Waals surface area contributed by atoms with Gasteiger partial charge in [0.25, 0.3) is 5.79 Å². The molecule has 1 saturated heterocycles. The minimum Gasteiger partial charge on any atom is -0.357 e. The largest absolute Gasteiger partial charge is 0.444 e. The summed E-state index contributed by atoms with van der Waals surface area (Å²) in [7, 11) is 0. The number of aliphatic hydroxyl groups is 1. The summed E-state index contributed by atoms with van der Waals surface area (Å²) in [5.74, 6) is -3.08. The van der Waals surface area contributed by atoms with E-state index < -0.39 is 24.4 Å². The lowest BCUT2D eigenvalue weighted by Gasteiger charge is -2.22. The minimum absolute atomic E-state index is 0.531. The van der Waals surface area contributed by atoms with Gasteiger partial charge in [0.2, 0.25) is 0 Å². The molecule has 2 rings (SSSR count). The fourth-order valence-corrected chi connectivity index (χ4v) is 2.12. The summed E-state index contributed by atoms with van der Waals surface area (Å²) in [5.41, 5.74) is 2.20. The van der Waals surface area contributed by atoms with E-state index in [9.17, 15) is 18.3 Å². The topological polar surface area (TPSA) is 41.5 Å². The third kappa shape index (κ3) is 1.87. The van der Waals surface area contributed by atoms with Crippen LogP contribution in [-0.4, -0.2) is 17.1 Å². The lowest BCUT2D eigenvalue weighted by Crippen LogP contribution is -2.45. The molecule has 0 aromatic carbocycles. The molecule has 0 saturated carbocycles. The van der Waals surface area contributed by atoms with Crippen molar-refractivity contribution in [3.05, 3.63) is 22.4 Å². The lowest BCUT2D eigenvalue weighted by molar-refractivity contribution is -0.361. The number of hydroxylamine groups is 1. The minimum atomic E-state index is -4.79. The van der Waals surface area contributed by atoms with E-state index in [0.29, 0.717) is 4.88 Å². The van der Waals surface area contributed by atoms with Crippen molar-refractivity contribution in [3.8, 4) is 0 Å². The summed E-state index contributed by atoms with van der Waals surface area (Å²) in [6, 6.07) is 2.80. The van der Waals surface area contributed by atoms with Crippen molar-refractivity contribution in [1.82, 2.24) is 5.48 Å². The highest BCUT2D eigenvalue weighted by molar-refractivity contribution is 7.10. The summed E-state index contributed by atoms with van der Waals surface area (Å²) < 4.78 is 37.0. The van der Waals surface area contributed by atoms with Crippen LogP contribution in [-0.2, 0) is 4.84 Å². The van der Waals surface area contributed by atoms with Gasteiger partial charge in [0.1, 0.15) is 0 Å². The predicted octanol–water partition coefficient (Wildman–Crippen LogP) is 1.96.